The minimum Gasteiger partial charge on any atom is -0.334 e. The van der Waals surface area contributed by atoms with Gasteiger partial charge in [0.05, 0.1) is 0 Å². The predicted molar refractivity (Wildman–Crippen MR) is 64.4 cm³/mol. The van der Waals surface area contributed by atoms with Crippen LogP contribution in [0.1, 0.15) is 20.7 Å². The summed E-state index contributed by atoms with van der Waals surface area (Å²) in [5.74, 6) is 0. The molecule has 0 bridgehead atoms. The van der Waals surface area contributed by atoms with E-state index >= 15 is 0 Å². The first-order chi connectivity index (χ1) is 7.63. The molecular formula is C12H8Cl2FeO2. The maximum atomic E-state index is 10.6. The van der Waals surface area contributed by atoms with E-state index in [0.29, 0.717) is 0 Å². The van der Waals surface area contributed by atoms with E-state index in [-0.39, 0.29) is 28.2 Å². The molecule has 0 saturated heterocycles. The van der Waals surface area contributed by atoms with Crippen molar-refractivity contribution >= 4 is 33.7 Å². The van der Waals surface area contributed by atoms with Crippen molar-refractivity contribution in [2.45, 2.75) is 0 Å². The second kappa shape index (κ2) is 8.26. The fourth-order valence-corrected chi connectivity index (χ4v) is 1.41. The van der Waals surface area contributed by atoms with Gasteiger partial charge >= 0.3 is 17.1 Å². The number of hydrogen-bond donors (Lipinski definition) is 0. The van der Waals surface area contributed by atoms with Crippen molar-refractivity contribution in [3.63, 3.8) is 0 Å². The molecule has 90 valence electrons. The third-order valence-electron chi connectivity index (χ3n) is 1.80. The Labute approximate surface area is 120 Å². The summed E-state index contributed by atoms with van der Waals surface area (Å²) in [4.78, 5) is 21.2. The van der Waals surface area contributed by atoms with Crippen LogP contribution in [0.5, 0.6) is 0 Å². The molecule has 17 heavy (non-hydrogen) atoms. The predicted octanol–water partition coefficient (Wildman–Crippen LogP) is 3.57. The average molecular weight is 311 g/mol. The van der Waals surface area contributed by atoms with Gasteiger partial charge in [-0.15, -0.1) is 17.7 Å². The van der Waals surface area contributed by atoms with Gasteiger partial charge in [0.25, 0.3) is 0 Å². The summed E-state index contributed by atoms with van der Waals surface area (Å²) in [5, 5.41) is -1.34. The molecule has 0 aliphatic rings. The molecule has 0 saturated carbocycles. The second-order valence-electron chi connectivity index (χ2n) is 2.86. The van der Waals surface area contributed by atoms with E-state index in [2.05, 4.69) is 0 Å². The van der Waals surface area contributed by atoms with Gasteiger partial charge in [0.2, 0.25) is 5.24 Å². The summed E-state index contributed by atoms with van der Waals surface area (Å²) in [6.07, 6.45) is 0. The van der Waals surface area contributed by atoms with Crippen LogP contribution >= 0.6 is 23.2 Å². The fourth-order valence-electron chi connectivity index (χ4n) is 1.08. The molecule has 2 rings (SSSR count). The monoisotopic (exact) mass is 310 g/mol. The molecule has 5 heteroatoms. The topological polar surface area (TPSA) is 34.1 Å². The third kappa shape index (κ3) is 5.33. The van der Waals surface area contributed by atoms with Crippen LogP contribution in [0.15, 0.2) is 48.5 Å². The summed E-state index contributed by atoms with van der Waals surface area (Å²) in [6.45, 7) is 0. The van der Waals surface area contributed by atoms with Crippen LogP contribution in [-0.4, -0.2) is 10.5 Å². The molecule has 0 heterocycles. The van der Waals surface area contributed by atoms with Crippen molar-refractivity contribution in [2.24, 2.45) is 0 Å². The van der Waals surface area contributed by atoms with Gasteiger partial charge in [-0.1, -0.05) is 5.56 Å². The largest absolute Gasteiger partial charge is 2.00 e. The molecule has 0 aromatic heterocycles. The molecule has 0 aliphatic heterocycles. The molecule has 0 N–H and O–H groups in total. The standard InChI is InChI=1S/C7H3Cl2O2.C5H5.Fe/c8-6(10)4-2-1-3-5(4)7(9)11;1-2-4-5-3-1;/h1-3H;1-5H;/q2*-1;+2. The van der Waals surface area contributed by atoms with Crippen molar-refractivity contribution in [3.8, 4) is 0 Å². The molecule has 0 fully saturated rings. The average Bonchev–Trinajstić information content (AvgIpc) is 2.92. The first-order valence-electron chi connectivity index (χ1n) is 4.45. The van der Waals surface area contributed by atoms with Crippen LogP contribution in [0.4, 0.5) is 0 Å². The zero-order chi connectivity index (χ0) is 12.0. The van der Waals surface area contributed by atoms with E-state index in [0.717, 1.165) is 0 Å². The maximum absolute atomic E-state index is 10.6. The third-order valence-corrected chi connectivity index (χ3v) is 2.20. The van der Waals surface area contributed by atoms with Gasteiger partial charge in [-0.25, -0.2) is 12.1 Å². The van der Waals surface area contributed by atoms with Crippen LogP contribution in [0.3, 0.4) is 0 Å². The molecule has 2 aromatic carbocycles. The molecule has 0 aliphatic carbocycles. The normalized spacial score (nSPS) is 8.59. The van der Waals surface area contributed by atoms with Gasteiger partial charge in [0.15, 0.2) is 5.24 Å². The van der Waals surface area contributed by atoms with Crippen LogP contribution in [0, 0.1) is 0 Å². The van der Waals surface area contributed by atoms with E-state index < -0.39 is 10.5 Å². The molecular weight excluding hydrogens is 303 g/mol. The van der Waals surface area contributed by atoms with Crippen molar-refractivity contribution in [1.29, 1.82) is 0 Å². The van der Waals surface area contributed by atoms with Crippen LogP contribution in [0.25, 0.3) is 0 Å². The van der Waals surface area contributed by atoms with Gasteiger partial charge in [0, 0.05) is 0 Å². The van der Waals surface area contributed by atoms with Gasteiger partial charge in [-0.3, -0.25) is 4.79 Å². The summed E-state index contributed by atoms with van der Waals surface area (Å²) < 4.78 is 0. The Bertz CT molecular complexity index is 415. The maximum Gasteiger partial charge on any atom is 2.00 e. The Morgan fingerprint density at radius 3 is 2.00 bits per heavy atom. The van der Waals surface area contributed by atoms with E-state index in [9.17, 15) is 9.59 Å². The molecule has 0 amide bonds. The zero-order valence-electron chi connectivity index (χ0n) is 8.54. The summed E-state index contributed by atoms with van der Waals surface area (Å²) >= 11 is 10.3. The SMILES string of the molecule is O=C(Cl)c1ccc[c-]1C(=O)Cl.[Fe+2].c1cc[cH-]c1. The Balaban J connectivity index is 0.000000360. The molecule has 2 aromatic rings. The van der Waals surface area contributed by atoms with Gasteiger partial charge in [-0.05, 0) is 17.2 Å². The summed E-state index contributed by atoms with van der Waals surface area (Å²) in [5.41, 5.74) is 0.318. The van der Waals surface area contributed by atoms with Crippen LogP contribution < -0.4 is 0 Å². The van der Waals surface area contributed by atoms with Crippen LogP contribution in [0.2, 0.25) is 0 Å². The number of carbonyl (C=O) groups is 2. The zero-order valence-corrected chi connectivity index (χ0v) is 11.2. The Morgan fingerprint density at radius 1 is 1.12 bits per heavy atom. The smallest absolute Gasteiger partial charge is 0.334 e. The Hall–Kier alpha value is -0.861. The first-order valence-corrected chi connectivity index (χ1v) is 5.20. The second-order valence-corrected chi connectivity index (χ2v) is 3.55. The number of hydrogen-bond acceptors (Lipinski definition) is 2. The van der Waals surface area contributed by atoms with Crippen LogP contribution in [-0.2, 0) is 17.1 Å². The fraction of sp³-hybridized carbons (Fsp3) is 0. The number of halogens is 2. The summed E-state index contributed by atoms with van der Waals surface area (Å²) in [7, 11) is 0. The number of carbonyl (C=O) groups excluding carboxylic acids is 2. The minimum absolute atomic E-state index is 0. The first kappa shape index (κ1) is 16.1. The molecule has 2 nitrogen and oxygen atoms in total. The Morgan fingerprint density at radius 2 is 1.71 bits per heavy atom. The van der Waals surface area contributed by atoms with Gasteiger partial charge in [0.1, 0.15) is 0 Å². The van der Waals surface area contributed by atoms with Gasteiger partial charge < -0.3 is 4.79 Å². The van der Waals surface area contributed by atoms with Gasteiger partial charge in [-0.2, -0.15) is 30.3 Å². The Kier molecular flexibility index (Phi) is 7.84. The molecule has 0 atom stereocenters. The summed E-state index contributed by atoms with van der Waals surface area (Å²) in [6, 6.07) is 14.4. The molecule has 0 radical (unpaired) electrons. The molecule has 0 spiro atoms. The quantitative estimate of drug-likeness (QED) is 0.483. The van der Waals surface area contributed by atoms with Crippen molar-refractivity contribution in [2.75, 3.05) is 0 Å². The van der Waals surface area contributed by atoms with E-state index in [1.54, 1.807) is 6.07 Å². The minimum atomic E-state index is -0.668. The van der Waals surface area contributed by atoms with E-state index in [4.69, 9.17) is 23.2 Å². The van der Waals surface area contributed by atoms with Crippen molar-refractivity contribution in [1.82, 2.24) is 0 Å². The van der Waals surface area contributed by atoms with E-state index in [1.165, 1.54) is 12.1 Å². The number of rotatable bonds is 2. The van der Waals surface area contributed by atoms with Crippen molar-refractivity contribution < 1.29 is 26.7 Å². The van der Waals surface area contributed by atoms with E-state index in [1.807, 2.05) is 30.3 Å². The molecule has 0 unspecified atom stereocenters. The van der Waals surface area contributed by atoms with Crippen molar-refractivity contribution in [3.05, 3.63) is 59.7 Å².